The molecule has 0 spiro atoms. The van der Waals surface area contributed by atoms with Crippen molar-refractivity contribution in [1.82, 2.24) is 0 Å². The average molecular weight is 553 g/mol. The summed E-state index contributed by atoms with van der Waals surface area (Å²) in [6.45, 7) is 2.33. The van der Waals surface area contributed by atoms with Crippen LogP contribution in [0.5, 0.6) is 5.75 Å². The third-order valence-electron chi connectivity index (χ3n) is 6.99. The van der Waals surface area contributed by atoms with Gasteiger partial charge in [0.05, 0.1) is 32.8 Å². The van der Waals surface area contributed by atoms with E-state index in [9.17, 15) is 9.59 Å². The number of alkyl halides is 2. The van der Waals surface area contributed by atoms with E-state index >= 15 is 0 Å². The van der Waals surface area contributed by atoms with Crippen LogP contribution in [-0.2, 0) is 18.2 Å². The third-order valence-corrected chi connectivity index (χ3v) is 9.69. The minimum atomic E-state index is -0.789. The fraction of sp³-hybridized carbons (Fsp3) is 0.231. The molecule has 3 aliphatic carbocycles. The van der Waals surface area contributed by atoms with E-state index in [4.69, 9.17) is 4.74 Å². The summed E-state index contributed by atoms with van der Waals surface area (Å²) in [6, 6.07) is 23.4. The number of para-hydroxylation sites is 2. The van der Waals surface area contributed by atoms with E-state index in [1.807, 2.05) is 43.3 Å². The van der Waals surface area contributed by atoms with Gasteiger partial charge in [-0.2, -0.15) is 0 Å². The molecule has 32 heavy (non-hydrogen) atoms. The number of anilines is 1. The normalized spacial score (nSPS) is 29.5. The van der Waals surface area contributed by atoms with E-state index < -0.39 is 20.5 Å². The third kappa shape index (κ3) is 2.22. The Labute approximate surface area is 202 Å². The van der Waals surface area contributed by atoms with Gasteiger partial charge in [-0.05, 0) is 41.3 Å². The minimum Gasteiger partial charge on any atom is -0.492 e. The zero-order valence-electron chi connectivity index (χ0n) is 17.2. The second-order valence-corrected chi connectivity index (χ2v) is 10.9. The van der Waals surface area contributed by atoms with E-state index in [-0.39, 0.29) is 11.8 Å². The van der Waals surface area contributed by atoms with Gasteiger partial charge in [-0.1, -0.05) is 92.5 Å². The van der Waals surface area contributed by atoms with Crippen LogP contribution in [0, 0.1) is 11.8 Å². The molecule has 4 aliphatic rings. The number of imide groups is 1. The summed E-state index contributed by atoms with van der Waals surface area (Å²) in [5, 5.41) is 0. The highest BCUT2D eigenvalue weighted by Gasteiger charge is 2.72. The van der Waals surface area contributed by atoms with Gasteiger partial charge in [-0.3, -0.25) is 9.59 Å². The van der Waals surface area contributed by atoms with Gasteiger partial charge in [0.25, 0.3) is 0 Å². The molecule has 1 saturated heterocycles. The molecule has 1 aliphatic heterocycles. The number of rotatable bonds is 3. The van der Waals surface area contributed by atoms with E-state index in [1.165, 1.54) is 4.90 Å². The van der Waals surface area contributed by atoms with Crippen LogP contribution in [0.1, 0.15) is 29.2 Å². The maximum atomic E-state index is 14.1. The van der Waals surface area contributed by atoms with E-state index in [1.54, 1.807) is 12.1 Å². The van der Waals surface area contributed by atoms with Crippen LogP contribution in [0.3, 0.4) is 0 Å². The number of ether oxygens (including phenoxy) is 1. The van der Waals surface area contributed by atoms with Crippen LogP contribution in [0.2, 0.25) is 0 Å². The summed E-state index contributed by atoms with van der Waals surface area (Å²) in [5.41, 5.74) is 4.60. The summed E-state index contributed by atoms with van der Waals surface area (Å²) < 4.78 is 4.19. The maximum absolute atomic E-state index is 14.1. The molecular weight excluding hydrogens is 534 g/mol. The Morgan fingerprint density at radius 2 is 1.16 bits per heavy atom. The summed E-state index contributed by atoms with van der Waals surface area (Å²) in [7, 11) is 0. The average Bonchev–Trinajstić information content (AvgIpc) is 3.09. The molecule has 4 nitrogen and oxygen atoms in total. The Balaban J connectivity index is 1.63. The van der Waals surface area contributed by atoms with E-state index in [0.29, 0.717) is 18.0 Å². The highest BCUT2D eigenvalue weighted by atomic mass is 79.9. The number of carbonyl (C=O) groups excluding carboxylic acids is 2. The van der Waals surface area contributed by atoms with E-state index in [2.05, 4.69) is 56.1 Å². The molecule has 7 rings (SSSR count). The van der Waals surface area contributed by atoms with Gasteiger partial charge in [0.1, 0.15) is 5.75 Å². The standard InChI is InChI=1S/C26H19Br2NO3/c1-2-32-20-14-8-7-13-19(20)29-23(30)21-22(24(29)31)26(28)16-10-4-3-9-15(16)25(21,27)17-11-5-6-12-18(17)26/h3-14,21-22H,2H2,1H3/t21-,22-,25?,26?/m0/s1. The number of hydrogen-bond acceptors (Lipinski definition) is 3. The van der Waals surface area contributed by atoms with Gasteiger partial charge in [-0.25, -0.2) is 4.90 Å². The quantitative estimate of drug-likeness (QED) is 0.318. The number of nitrogens with zero attached hydrogens (tertiary/aromatic N) is 1. The lowest BCUT2D eigenvalue weighted by molar-refractivity contribution is -0.122. The van der Waals surface area contributed by atoms with Gasteiger partial charge >= 0.3 is 0 Å². The van der Waals surface area contributed by atoms with Crippen LogP contribution in [-0.4, -0.2) is 18.4 Å². The maximum Gasteiger partial charge on any atom is 0.240 e. The van der Waals surface area contributed by atoms with Crippen LogP contribution >= 0.6 is 31.9 Å². The van der Waals surface area contributed by atoms with Crippen LogP contribution < -0.4 is 9.64 Å². The predicted octanol–water partition coefficient (Wildman–Crippen LogP) is 5.50. The first-order valence-corrected chi connectivity index (χ1v) is 12.2. The molecule has 0 N–H and O–H groups in total. The molecule has 2 atom stereocenters. The van der Waals surface area contributed by atoms with Crippen molar-refractivity contribution in [2.75, 3.05) is 11.5 Å². The Kier molecular flexibility index (Phi) is 4.28. The molecule has 0 unspecified atom stereocenters. The summed E-state index contributed by atoms with van der Waals surface area (Å²) in [5.74, 6) is -1.07. The smallest absolute Gasteiger partial charge is 0.240 e. The fourth-order valence-electron chi connectivity index (χ4n) is 5.82. The van der Waals surface area contributed by atoms with Gasteiger partial charge in [-0.15, -0.1) is 0 Å². The van der Waals surface area contributed by atoms with Crippen molar-refractivity contribution in [1.29, 1.82) is 0 Å². The molecular formula is C26H19Br2NO3. The van der Waals surface area contributed by atoms with Gasteiger partial charge in [0.2, 0.25) is 11.8 Å². The number of amides is 2. The molecule has 0 aromatic heterocycles. The molecule has 6 heteroatoms. The minimum absolute atomic E-state index is 0.211. The lowest BCUT2D eigenvalue weighted by atomic mass is 9.54. The van der Waals surface area contributed by atoms with Crippen molar-refractivity contribution in [2.45, 2.75) is 15.6 Å². The molecule has 3 aromatic rings. The summed E-state index contributed by atoms with van der Waals surface area (Å²) in [4.78, 5) is 29.5. The highest BCUT2D eigenvalue weighted by molar-refractivity contribution is 9.10. The van der Waals surface area contributed by atoms with Gasteiger partial charge < -0.3 is 4.74 Å². The van der Waals surface area contributed by atoms with Crippen LogP contribution in [0.25, 0.3) is 0 Å². The number of benzene rings is 3. The van der Waals surface area contributed by atoms with Crippen molar-refractivity contribution in [3.8, 4) is 5.75 Å². The van der Waals surface area contributed by atoms with Crippen molar-refractivity contribution in [3.63, 3.8) is 0 Å². The monoisotopic (exact) mass is 551 g/mol. The lowest BCUT2D eigenvalue weighted by Crippen LogP contribution is -2.56. The van der Waals surface area contributed by atoms with Gasteiger partial charge in [0, 0.05) is 0 Å². The van der Waals surface area contributed by atoms with Crippen LogP contribution in [0.4, 0.5) is 5.69 Å². The zero-order valence-corrected chi connectivity index (χ0v) is 20.4. The molecule has 0 radical (unpaired) electrons. The van der Waals surface area contributed by atoms with Gasteiger partial charge in [0.15, 0.2) is 0 Å². The predicted molar refractivity (Wildman–Crippen MR) is 129 cm³/mol. The van der Waals surface area contributed by atoms with Crippen LogP contribution in [0.15, 0.2) is 72.8 Å². The van der Waals surface area contributed by atoms with Crippen molar-refractivity contribution in [2.24, 2.45) is 11.8 Å². The molecule has 2 bridgehead atoms. The fourth-order valence-corrected chi connectivity index (χ4v) is 8.13. The Morgan fingerprint density at radius 1 is 0.750 bits per heavy atom. The van der Waals surface area contributed by atoms with E-state index in [0.717, 1.165) is 22.3 Å². The van der Waals surface area contributed by atoms with Crippen molar-refractivity contribution in [3.05, 3.63) is 95.1 Å². The SMILES string of the molecule is CCOc1ccccc1N1C(=O)[C@@H]2[C@@H](C1=O)C1(Br)c3ccccc3C2(Br)c2ccccc21. The highest BCUT2D eigenvalue weighted by Crippen LogP contribution is 2.71. The molecule has 3 aromatic carbocycles. The first-order valence-electron chi connectivity index (χ1n) is 10.6. The zero-order chi connectivity index (χ0) is 22.3. The number of halogens is 2. The number of hydrogen-bond donors (Lipinski definition) is 0. The molecule has 1 fully saturated rings. The Hall–Kier alpha value is -2.44. The molecule has 160 valence electrons. The van der Waals surface area contributed by atoms with Crippen molar-refractivity contribution >= 4 is 49.4 Å². The second-order valence-electron chi connectivity index (χ2n) is 8.38. The number of carbonyl (C=O) groups is 2. The molecule has 1 heterocycles. The largest absolute Gasteiger partial charge is 0.492 e. The summed E-state index contributed by atoms with van der Waals surface area (Å²) >= 11 is 8.05. The first-order chi connectivity index (χ1) is 15.5. The topological polar surface area (TPSA) is 46.6 Å². The lowest BCUT2D eigenvalue weighted by Gasteiger charge is -2.55. The molecule has 0 saturated carbocycles. The summed E-state index contributed by atoms with van der Waals surface area (Å²) in [6.07, 6.45) is 0. The second kappa shape index (κ2) is 6.78. The Morgan fingerprint density at radius 3 is 1.59 bits per heavy atom. The first kappa shape index (κ1) is 20.2. The molecule has 2 amide bonds. The van der Waals surface area contributed by atoms with Crippen molar-refractivity contribution < 1.29 is 14.3 Å². The Bertz CT molecular complexity index is 1180.